The number of hydrogen-bond acceptors (Lipinski definition) is 5. The zero-order valence-electron chi connectivity index (χ0n) is 13.1. The maximum absolute atomic E-state index is 10.8. The molecule has 1 heterocycles. The largest absolute Gasteiger partial charge is 0.382 e. The second-order valence-corrected chi connectivity index (χ2v) is 6.16. The predicted octanol–water partition coefficient (Wildman–Crippen LogP) is 3.00. The molecule has 2 rings (SSSR count). The van der Waals surface area contributed by atoms with Crippen molar-refractivity contribution in [1.82, 2.24) is 4.90 Å². The first-order chi connectivity index (χ1) is 10.5. The molecule has 1 aliphatic rings. The van der Waals surface area contributed by atoms with Crippen LogP contribution in [0.25, 0.3) is 0 Å². The van der Waals surface area contributed by atoms with E-state index in [9.17, 15) is 10.1 Å². The lowest BCUT2D eigenvalue weighted by Gasteiger charge is -2.26. The molecule has 1 aromatic carbocycles. The Balaban J connectivity index is 2.02. The van der Waals surface area contributed by atoms with Gasteiger partial charge in [0.25, 0.3) is 5.69 Å². The van der Waals surface area contributed by atoms with Gasteiger partial charge in [0.2, 0.25) is 0 Å². The first-order valence-electron chi connectivity index (χ1n) is 7.67. The minimum Gasteiger partial charge on any atom is -0.382 e. The van der Waals surface area contributed by atoms with Gasteiger partial charge < -0.3 is 5.32 Å². The zero-order valence-corrected chi connectivity index (χ0v) is 13.1. The van der Waals surface area contributed by atoms with E-state index in [0.29, 0.717) is 23.2 Å². The number of anilines is 1. The number of nitro benzene ring substituents is 1. The highest BCUT2D eigenvalue weighted by atomic mass is 16.6. The summed E-state index contributed by atoms with van der Waals surface area (Å²) in [6, 6.07) is 6.87. The zero-order chi connectivity index (χ0) is 16.1. The third-order valence-corrected chi connectivity index (χ3v) is 3.96. The lowest BCUT2D eigenvalue weighted by molar-refractivity contribution is -0.384. The fraction of sp³-hybridized carbons (Fsp3) is 0.562. The van der Waals surface area contributed by atoms with Crippen LogP contribution in [0.4, 0.5) is 11.4 Å². The lowest BCUT2D eigenvalue weighted by atomic mass is 10.1. The van der Waals surface area contributed by atoms with E-state index >= 15 is 0 Å². The van der Waals surface area contributed by atoms with Crippen LogP contribution < -0.4 is 5.32 Å². The normalized spacial score (nSPS) is 18.4. The molecule has 22 heavy (non-hydrogen) atoms. The van der Waals surface area contributed by atoms with Crippen LogP contribution in [0, 0.1) is 27.4 Å². The molecule has 0 aliphatic carbocycles. The Labute approximate surface area is 130 Å². The molecule has 1 aliphatic heterocycles. The van der Waals surface area contributed by atoms with Gasteiger partial charge in [0.15, 0.2) is 0 Å². The smallest absolute Gasteiger partial charge is 0.270 e. The van der Waals surface area contributed by atoms with Crippen LogP contribution in [0.1, 0.15) is 32.3 Å². The molecular weight excluding hydrogens is 280 g/mol. The van der Waals surface area contributed by atoms with Crippen molar-refractivity contribution >= 4 is 11.4 Å². The molecule has 1 aromatic rings. The highest BCUT2D eigenvalue weighted by Gasteiger charge is 2.24. The first kappa shape index (κ1) is 16.2. The van der Waals surface area contributed by atoms with Gasteiger partial charge in [0, 0.05) is 31.3 Å². The molecular formula is C16H22N4O2. The molecule has 0 bridgehead atoms. The Morgan fingerprint density at radius 2 is 2.32 bits per heavy atom. The number of nitriles is 1. The molecule has 118 valence electrons. The Kier molecular flexibility index (Phi) is 5.34. The highest BCUT2D eigenvalue weighted by Crippen LogP contribution is 2.23. The summed E-state index contributed by atoms with van der Waals surface area (Å²) in [5.74, 6) is 0.634. The van der Waals surface area contributed by atoms with Gasteiger partial charge in [-0.2, -0.15) is 5.26 Å². The molecule has 6 heteroatoms. The van der Waals surface area contributed by atoms with Crippen molar-refractivity contribution in [3.05, 3.63) is 33.9 Å². The van der Waals surface area contributed by atoms with Crippen molar-refractivity contribution in [2.24, 2.45) is 5.92 Å². The number of nitro groups is 1. The van der Waals surface area contributed by atoms with E-state index in [2.05, 4.69) is 24.1 Å². The Bertz CT molecular complexity index is 580. The van der Waals surface area contributed by atoms with E-state index in [4.69, 9.17) is 5.26 Å². The minimum absolute atomic E-state index is 0.0515. The number of nitrogens with one attached hydrogen (secondary N) is 1. The summed E-state index contributed by atoms with van der Waals surface area (Å²) >= 11 is 0. The maximum Gasteiger partial charge on any atom is 0.270 e. The van der Waals surface area contributed by atoms with Gasteiger partial charge in [-0.25, -0.2) is 0 Å². The van der Waals surface area contributed by atoms with Crippen LogP contribution in [0.15, 0.2) is 18.2 Å². The SMILES string of the molecule is CC(C)CN1CCC[C@H]1CNc1ccc([N+](=O)[O-])cc1C#N. The van der Waals surface area contributed by atoms with Crippen LogP contribution in [-0.4, -0.2) is 35.5 Å². The predicted molar refractivity (Wildman–Crippen MR) is 85.7 cm³/mol. The summed E-state index contributed by atoms with van der Waals surface area (Å²) in [7, 11) is 0. The molecule has 1 saturated heterocycles. The minimum atomic E-state index is -0.480. The number of nitrogens with zero attached hydrogens (tertiary/aromatic N) is 3. The van der Waals surface area contributed by atoms with Gasteiger partial charge in [-0.05, 0) is 31.4 Å². The van der Waals surface area contributed by atoms with E-state index in [-0.39, 0.29) is 5.69 Å². The van der Waals surface area contributed by atoms with Crippen molar-refractivity contribution in [3.63, 3.8) is 0 Å². The molecule has 0 saturated carbocycles. The van der Waals surface area contributed by atoms with E-state index < -0.39 is 4.92 Å². The van der Waals surface area contributed by atoms with Crippen molar-refractivity contribution in [2.75, 3.05) is 25.0 Å². The Morgan fingerprint density at radius 1 is 1.55 bits per heavy atom. The van der Waals surface area contributed by atoms with Gasteiger partial charge in [0.1, 0.15) is 6.07 Å². The summed E-state index contributed by atoms with van der Waals surface area (Å²) in [4.78, 5) is 12.8. The second kappa shape index (κ2) is 7.23. The van der Waals surface area contributed by atoms with Crippen molar-refractivity contribution < 1.29 is 4.92 Å². The Morgan fingerprint density at radius 3 is 2.95 bits per heavy atom. The molecule has 1 N–H and O–H groups in total. The summed E-state index contributed by atoms with van der Waals surface area (Å²) < 4.78 is 0. The summed E-state index contributed by atoms with van der Waals surface area (Å²) in [5.41, 5.74) is 0.941. The molecule has 0 radical (unpaired) electrons. The van der Waals surface area contributed by atoms with E-state index in [1.165, 1.54) is 18.6 Å². The average molecular weight is 302 g/mol. The molecule has 0 aromatic heterocycles. The quantitative estimate of drug-likeness (QED) is 0.645. The summed E-state index contributed by atoms with van der Waals surface area (Å²) in [5, 5.41) is 23.2. The number of likely N-dealkylation sites (tertiary alicyclic amines) is 1. The fourth-order valence-electron chi connectivity index (χ4n) is 2.96. The third-order valence-electron chi connectivity index (χ3n) is 3.96. The van der Waals surface area contributed by atoms with E-state index in [1.807, 2.05) is 6.07 Å². The van der Waals surface area contributed by atoms with Gasteiger partial charge in [-0.1, -0.05) is 13.8 Å². The van der Waals surface area contributed by atoms with E-state index in [0.717, 1.165) is 26.1 Å². The van der Waals surface area contributed by atoms with Crippen LogP contribution >= 0.6 is 0 Å². The van der Waals surface area contributed by atoms with Crippen molar-refractivity contribution in [2.45, 2.75) is 32.7 Å². The lowest BCUT2D eigenvalue weighted by Crippen LogP contribution is -2.37. The molecule has 0 amide bonds. The van der Waals surface area contributed by atoms with Crippen molar-refractivity contribution in [1.29, 1.82) is 5.26 Å². The van der Waals surface area contributed by atoms with Gasteiger partial charge in [0.05, 0.1) is 16.2 Å². The van der Waals surface area contributed by atoms with Gasteiger partial charge in [-0.3, -0.25) is 15.0 Å². The first-order valence-corrected chi connectivity index (χ1v) is 7.67. The maximum atomic E-state index is 10.8. The Hall–Kier alpha value is -2.13. The summed E-state index contributed by atoms with van der Waals surface area (Å²) in [6.07, 6.45) is 2.35. The average Bonchev–Trinajstić information content (AvgIpc) is 2.91. The molecule has 6 nitrogen and oxygen atoms in total. The van der Waals surface area contributed by atoms with E-state index in [1.54, 1.807) is 6.07 Å². The monoisotopic (exact) mass is 302 g/mol. The highest BCUT2D eigenvalue weighted by molar-refractivity contribution is 5.61. The number of benzene rings is 1. The number of non-ortho nitro benzene ring substituents is 1. The van der Waals surface area contributed by atoms with Gasteiger partial charge in [-0.15, -0.1) is 0 Å². The second-order valence-electron chi connectivity index (χ2n) is 6.16. The molecule has 0 spiro atoms. The standard InChI is InChI=1S/C16H22N4O2/c1-12(2)11-19-7-3-4-15(19)10-18-16-6-5-14(20(21)22)8-13(16)9-17/h5-6,8,12,15,18H,3-4,7,10-11H2,1-2H3/t15-/m0/s1. The molecule has 1 fully saturated rings. The van der Waals surface area contributed by atoms with Crippen LogP contribution in [0.2, 0.25) is 0 Å². The van der Waals surface area contributed by atoms with Crippen molar-refractivity contribution in [3.8, 4) is 6.07 Å². The third kappa shape index (κ3) is 3.95. The summed E-state index contributed by atoms with van der Waals surface area (Å²) in [6.45, 7) is 7.40. The number of rotatable bonds is 6. The van der Waals surface area contributed by atoms with Crippen LogP contribution in [0.5, 0.6) is 0 Å². The van der Waals surface area contributed by atoms with Gasteiger partial charge >= 0.3 is 0 Å². The fourth-order valence-corrected chi connectivity index (χ4v) is 2.96. The number of hydrogen-bond donors (Lipinski definition) is 1. The van der Waals surface area contributed by atoms with Crippen LogP contribution in [0.3, 0.4) is 0 Å². The molecule has 1 atom stereocenters. The topological polar surface area (TPSA) is 82.2 Å². The molecule has 0 unspecified atom stereocenters. The van der Waals surface area contributed by atoms with Crippen LogP contribution in [-0.2, 0) is 0 Å².